The third kappa shape index (κ3) is 51.9. The van der Waals surface area contributed by atoms with Gasteiger partial charge in [-0.1, -0.05) is 211 Å². The monoisotopic (exact) mass is 921 g/mol. The van der Waals surface area contributed by atoms with Crippen LogP contribution in [-0.2, 0) is 28.6 Å². The van der Waals surface area contributed by atoms with Crippen LogP contribution in [-0.4, -0.2) is 37.2 Å². The predicted octanol–water partition coefficient (Wildman–Crippen LogP) is 17.4. The number of esters is 3. The molecule has 6 nitrogen and oxygen atoms in total. The van der Waals surface area contributed by atoms with E-state index in [-0.39, 0.29) is 38.0 Å². The average molecular weight is 921 g/mol. The van der Waals surface area contributed by atoms with Crippen LogP contribution >= 0.6 is 0 Å². The lowest BCUT2D eigenvalue weighted by Crippen LogP contribution is -2.30. The van der Waals surface area contributed by atoms with Crippen LogP contribution in [0.3, 0.4) is 0 Å². The van der Waals surface area contributed by atoms with Crippen LogP contribution in [0.1, 0.15) is 188 Å². The summed E-state index contributed by atoms with van der Waals surface area (Å²) in [4.78, 5) is 38.0. The number of hydrogen-bond donors (Lipinski definition) is 0. The van der Waals surface area contributed by atoms with Gasteiger partial charge in [-0.3, -0.25) is 14.4 Å². The number of carbonyl (C=O) groups is 3. The second-order valence-electron chi connectivity index (χ2n) is 16.4. The maximum atomic E-state index is 12.8. The fraction of sp³-hybridized carbons (Fsp3) is 0.525. The first-order chi connectivity index (χ1) is 33.0. The van der Waals surface area contributed by atoms with Gasteiger partial charge in [0.15, 0.2) is 6.10 Å². The van der Waals surface area contributed by atoms with E-state index in [4.69, 9.17) is 14.2 Å². The molecule has 0 fully saturated rings. The molecule has 0 aliphatic heterocycles. The van der Waals surface area contributed by atoms with Crippen molar-refractivity contribution in [3.05, 3.63) is 158 Å². The summed E-state index contributed by atoms with van der Waals surface area (Å²) in [6.07, 6.45) is 78.0. The van der Waals surface area contributed by atoms with E-state index in [1.54, 1.807) is 0 Å². The summed E-state index contributed by atoms with van der Waals surface area (Å²) in [7, 11) is 0. The Morgan fingerprint density at radius 2 is 0.672 bits per heavy atom. The Labute approximate surface area is 409 Å². The molecule has 0 N–H and O–H groups in total. The quantitative estimate of drug-likeness (QED) is 0.0199. The van der Waals surface area contributed by atoms with Gasteiger partial charge in [0.25, 0.3) is 0 Å². The van der Waals surface area contributed by atoms with E-state index in [0.717, 1.165) is 109 Å². The lowest BCUT2D eigenvalue weighted by atomic mass is 10.1. The molecule has 6 heteroatoms. The lowest BCUT2D eigenvalue weighted by molar-refractivity contribution is -0.167. The van der Waals surface area contributed by atoms with Crippen LogP contribution in [0.25, 0.3) is 0 Å². The van der Waals surface area contributed by atoms with Crippen molar-refractivity contribution >= 4 is 17.9 Å². The number of hydrogen-bond acceptors (Lipinski definition) is 6. The first-order valence-electron chi connectivity index (χ1n) is 26.0. The van der Waals surface area contributed by atoms with Crippen LogP contribution < -0.4 is 0 Å². The van der Waals surface area contributed by atoms with Gasteiger partial charge in [0.2, 0.25) is 0 Å². The molecule has 1 atom stereocenters. The minimum Gasteiger partial charge on any atom is -0.462 e. The van der Waals surface area contributed by atoms with E-state index in [1.165, 1.54) is 25.7 Å². The zero-order chi connectivity index (χ0) is 48.6. The molecule has 0 spiro atoms. The highest BCUT2D eigenvalue weighted by molar-refractivity contribution is 5.71. The van der Waals surface area contributed by atoms with Gasteiger partial charge >= 0.3 is 17.9 Å². The van der Waals surface area contributed by atoms with Crippen LogP contribution in [0.15, 0.2) is 158 Å². The van der Waals surface area contributed by atoms with E-state index in [2.05, 4.69) is 154 Å². The van der Waals surface area contributed by atoms with Gasteiger partial charge in [-0.15, -0.1) is 0 Å². The minimum atomic E-state index is -0.847. The largest absolute Gasteiger partial charge is 0.462 e. The summed E-state index contributed by atoms with van der Waals surface area (Å²) in [5, 5.41) is 0. The lowest BCUT2D eigenvalue weighted by Gasteiger charge is -2.18. The Kier molecular flexibility index (Phi) is 49.7. The molecular weight excluding hydrogens is 829 g/mol. The second kappa shape index (κ2) is 53.6. The van der Waals surface area contributed by atoms with Crippen molar-refractivity contribution < 1.29 is 28.6 Å². The van der Waals surface area contributed by atoms with Crippen molar-refractivity contribution in [2.24, 2.45) is 0 Å². The summed E-state index contributed by atoms with van der Waals surface area (Å²) >= 11 is 0. The number of allylic oxidation sites excluding steroid dienone is 26. The van der Waals surface area contributed by atoms with E-state index in [1.807, 2.05) is 24.3 Å². The normalized spacial score (nSPS) is 13.4. The van der Waals surface area contributed by atoms with Crippen molar-refractivity contribution in [2.75, 3.05) is 13.2 Å². The Bertz CT molecular complexity index is 1570. The van der Waals surface area contributed by atoms with Crippen molar-refractivity contribution in [1.82, 2.24) is 0 Å². The third-order valence-electron chi connectivity index (χ3n) is 10.1. The molecule has 0 aromatic rings. The zero-order valence-electron chi connectivity index (χ0n) is 42.3. The molecule has 372 valence electrons. The highest BCUT2D eigenvalue weighted by Gasteiger charge is 2.19. The molecule has 67 heavy (non-hydrogen) atoms. The van der Waals surface area contributed by atoms with Crippen molar-refractivity contribution in [2.45, 2.75) is 194 Å². The van der Waals surface area contributed by atoms with Gasteiger partial charge < -0.3 is 14.2 Å². The van der Waals surface area contributed by atoms with Gasteiger partial charge in [0.1, 0.15) is 13.2 Å². The number of ether oxygens (including phenoxy) is 3. The summed E-state index contributed by atoms with van der Waals surface area (Å²) < 4.78 is 16.7. The molecule has 0 aromatic heterocycles. The second-order valence-corrected chi connectivity index (χ2v) is 16.4. The Morgan fingerprint density at radius 1 is 0.328 bits per heavy atom. The molecule has 1 unspecified atom stereocenters. The van der Waals surface area contributed by atoms with Gasteiger partial charge in [-0.05, 0) is 116 Å². The molecule has 0 saturated carbocycles. The van der Waals surface area contributed by atoms with Crippen molar-refractivity contribution in [3.8, 4) is 0 Å². The summed E-state index contributed by atoms with van der Waals surface area (Å²) in [5.74, 6) is -1.09. The Hall–Kier alpha value is -4.97. The van der Waals surface area contributed by atoms with Crippen LogP contribution in [0.2, 0.25) is 0 Å². The van der Waals surface area contributed by atoms with E-state index < -0.39 is 12.1 Å². The van der Waals surface area contributed by atoms with E-state index in [0.29, 0.717) is 19.3 Å². The zero-order valence-corrected chi connectivity index (χ0v) is 42.3. The molecule has 0 rings (SSSR count). The van der Waals surface area contributed by atoms with Gasteiger partial charge in [0, 0.05) is 19.3 Å². The number of unbranched alkanes of at least 4 members (excludes halogenated alkanes) is 10. The van der Waals surface area contributed by atoms with Gasteiger partial charge in [0.05, 0.1) is 0 Å². The van der Waals surface area contributed by atoms with Crippen LogP contribution in [0, 0.1) is 0 Å². The maximum Gasteiger partial charge on any atom is 0.306 e. The SMILES string of the molecule is CC\C=C/C=C\C=C/C=C\CCCCCCCC(=O)OCC(COC(=O)CCC/C=C\C/C=C\C/C=C\C/C=C\C/C=C\CC)OC(=O)CCC/C=C\C/C=C\C/C=C\C/C=C\CCCCC. The molecule has 0 bridgehead atoms. The maximum absolute atomic E-state index is 12.8. The van der Waals surface area contributed by atoms with Crippen molar-refractivity contribution in [1.29, 1.82) is 0 Å². The molecule has 0 heterocycles. The molecule has 0 aliphatic rings. The first kappa shape index (κ1) is 62.0. The number of rotatable bonds is 44. The van der Waals surface area contributed by atoms with Gasteiger partial charge in [-0.2, -0.15) is 0 Å². The first-order valence-corrected chi connectivity index (χ1v) is 26.0. The predicted molar refractivity (Wildman–Crippen MR) is 288 cm³/mol. The van der Waals surface area contributed by atoms with Crippen LogP contribution in [0.5, 0.6) is 0 Å². The Balaban J connectivity index is 4.65. The van der Waals surface area contributed by atoms with Crippen molar-refractivity contribution in [3.63, 3.8) is 0 Å². The topological polar surface area (TPSA) is 78.9 Å². The highest BCUT2D eigenvalue weighted by atomic mass is 16.6. The van der Waals surface area contributed by atoms with Gasteiger partial charge in [-0.25, -0.2) is 0 Å². The van der Waals surface area contributed by atoms with Crippen LogP contribution in [0.4, 0.5) is 0 Å². The summed E-state index contributed by atoms with van der Waals surface area (Å²) in [6, 6.07) is 0. The molecule has 0 radical (unpaired) electrons. The standard InChI is InChI=1S/C61H92O6/c1-4-7-10-13-16-19-22-25-28-30-33-36-39-42-45-48-51-54-60(63)66-57-58(56-65-59(62)53-50-47-44-41-38-35-32-27-24-21-18-15-12-9-6-3)67-61(64)55-52-49-46-43-40-37-34-31-29-26-23-20-17-14-11-8-5-2/h7,9-10,12,15-21,24-29,32-34,36-37,42-43,45-46,58H,4-6,8,11,13-14,22-23,30-31,35,38-41,44,47-57H2,1-3H3/b10-7-,12-9-,18-15-,19-16-,20-17-,24-21-,28-25-,29-26-,32-27-,36-33-,37-34-,45-42-,46-43-. The highest BCUT2D eigenvalue weighted by Crippen LogP contribution is 2.11. The molecule has 0 saturated heterocycles. The summed E-state index contributed by atoms with van der Waals surface area (Å²) in [6.45, 7) is 6.21. The smallest absolute Gasteiger partial charge is 0.306 e. The number of carbonyl (C=O) groups excluding carboxylic acids is 3. The Morgan fingerprint density at radius 3 is 1.15 bits per heavy atom. The molecular formula is C61H92O6. The molecule has 0 aromatic carbocycles. The fourth-order valence-corrected chi connectivity index (χ4v) is 6.24. The fourth-order valence-electron chi connectivity index (χ4n) is 6.24. The molecule has 0 amide bonds. The molecule has 0 aliphatic carbocycles. The van der Waals surface area contributed by atoms with E-state index in [9.17, 15) is 14.4 Å². The van der Waals surface area contributed by atoms with E-state index >= 15 is 0 Å². The minimum absolute atomic E-state index is 0.138. The third-order valence-corrected chi connectivity index (χ3v) is 10.1. The average Bonchev–Trinajstić information content (AvgIpc) is 3.33. The summed E-state index contributed by atoms with van der Waals surface area (Å²) in [5.41, 5.74) is 0.